The van der Waals surface area contributed by atoms with Crippen LogP contribution in [0.1, 0.15) is 34.2 Å². The zero-order valence-electron chi connectivity index (χ0n) is 16.0. The Balaban J connectivity index is 1.77. The lowest BCUT2D eigenvalue weighted by Gasteiger charge is -2.34. The molecule has 0 spiro atoms. The second kappa shape index (κ2) is 7.83. The number of anilines is 2. The number of amides is 1. The normalized spacial score (nSPS) is 15.2. The Bertz CT molecular complexity index is 777. The molecule has 1 amide bonds. The summed E-state index contributed by atoms with van der Waals surface area (Å²) in [5.74, 6) is 0.445. The number of likely N-dealkylation sites (N-methyl/N-ethyl adjacent to an activating group) is 1. The predicted octanol–water partition coefficient (Wildman–Crippen LogP) is 2.80. The fourth-order valence-electron chi connectivity index (χ4n) is 3.32. The van der Waals surface area contributed by atoms with Crippen molar-refractivity contribution in [2.75, 3.05) is 42.9 Å². The standard InChI is InChI=1S/C20H27N5O/c1-5-24-6-8-25(9-7-24)20-21-16(4)13-18(23-20)19(26)22-17-11-14(2)10-15(3)12-17/h10-13H,5-9H2,1-4H3,(H,22,26). The van der Waals surface area contributed by atoms with Crippen molar-refractivity contribution in [1.29, 1.82) is 0 Å². The summed E-state index contributed by atoms with van der Waals surface area (Å²) in [4.78, 5) is 26.3. The van der Waals surface area contributed by atoms with Crippen molar-refractivity contribution in [3.05, 3.63) is 46.8 Å². The van der Waals surface area contributed by atoms with Crippen LogP contribution in [-0.2, 0) is 0 Å². The Morgan fingerprint density at radius 2 is 1.65 bits per heavy atom. The summed E-state index contributed by atoms with van der Waals surface area (Å²) in [6.45, 7) is 12.9. The first-order chi connectivity index (χ1) is 12.4. The highest BCUT2D eigenvalue weighted by Crippen LogP contribution is 2.17. The molecule has 26 heavy (non-hydrogen) atoms. The third kappa shape index (κ3) is 4.38. The van der Waals surface area contributed by atoms with Crippen molar-refractivity contribution in [2.24, 2.45) is 0 Å². The van der Waals surface area contributed by atoms with Crippen molar-refractivity contribution >= 4 is 17.5 Å². The Labute approximate surface area is 155 Å². The number of hydrogen-bond acceptors (Lipinski definition) is 5. The molecule has 1 aromatic carbocycles. The monoisotopic (exact) mass is 353 g/mol. The molecular weight excluding hydrogens is 326 g/mol. The van der Waals surface area contributed by atoms with Gasteiger partial charge in [0.2, 0.25) is 5.95 Å². The van der Waals surface area contributed by atoms with E-state index in [1.165, 1.54) is 0 Å². The summed E-state index contributed by atoms with van der Waals surface area (Å²) in [6.07, 6.45) is 0. The molecule has 1 N–H and O–H groups in total. The second-order valence-corrected chi connectivity index (χ2v) is 6.95. The number of carbonyl (C=O) groups excluding carboxylic acids is 1. The van der Waals surface area contributed by atoms with Crippen molar-refractivity contribution in [2.45, 2.75) is 27.7 Å². The van der Waals surface area contributed by atoms with Gasteiger partial charge in [0, 0.05) is 37.6 Å². The Hall–Kier alpha value is -2.47. The van der Waals surface area contributed by atoms with Crippen LogP contribution in [0.2, 0.25) is 0 Å². The minimum absolute atomic E-state index is 0.200. The van der Waals surface area contributed by atoms with E-state index in [9.17, 15) is 4.79 Å². The molecule has 0 aliphatic carbocycles. The lowest BCUT2D eigenvalue weighted by Crippen LogP contribution is -2.47. The number of nitrogens with zero attached hydrogens (tertiary/aromatic N) is 4. The fourth-order valence-corrected chi connectivity index (χ4v) is 3.32. The summed E-state index contributed by atoms with van der Waals surface area (Å²) in [6, 6.07) is 7.75. The maximum atomic E-state index is 12.7. The molecule has 1 aliphatic rings. The largest absolute Gasteiger partial charge is 0.338 e. The minimum Gasteiger partial charge on any atom is -0.338 e. The van der Waals surface area contributed by atoms with Crippen LogP contribution >= 0.6 is 0 Å². The van der Waals surface area contributed by atoms with Gasteiger partial charge in [0.1, 0.15) is 5.69 Å². The van der Waals surface area contributed by atoms with Crippen LogP contribution in [0, 0.1) is 20.8 Å². The summed E-state index contributed by atoms with van der Waals surface area (Å²) >= 11 is 0. The molecule has 0 atom stereocenters. The SMILES string of the molecule is CCN1CCN(c2nc(C)cc(C(=O)Nc3cc(C)cc(C)c3)n2)CC1. The van der Waals surface area contributed by atoms with Gasteiger partial charge >= 0.3 is 0 Å². The van der Waals surface area contributed by atoms with Crippen LogP contribution in [0.25, 0.3) is 0 Å². The summed E-state index contributed by atoms with van der Waals surface area (Å²) < 4.78 is 0. The molecule has 6 heteroatoms. The first-order valence-electron chi connectivity index (χ1n) is 9.17. The summed E-state index contributed by atoms with van der Waals surface area (Å²) in [5.41, 5.74) is 4.24. The third-order valence-electron chi connectivity index (χ3n) is 4.66. The number of rotatable bonds is 4. The lowest BCUT2D eigenvalue weighted by molar-refractivity contribution is 0.102. The summed E-state index contributed by atoms with van der Waals surface area (Å²) in [5, 5.41) is 2.96. The van der Waals surface area contributed by atoms with Crippen LogP contribution in [-0.4, -0.2) is 53.5 Å². The molecule has 0 unspecified atom stereocenters. The number of nitrogens with one attached hydrogen (secondary N) is 1. The van der Waals surface area contributed by atoms with Gasteiger partial charge in [-0.2, -0.15) is 0 Å². The summed E-state index contributed by atoms with van der Waals surface area (Å²) in [7, 11) is 0. The fraction of sp³-hybridized carbons (Fsp3) is 0.450. The zero-order valence-corrected chi connectivity index (χ0v) is 16.0. The number of piperazine rings is 1. The van der Waals surface area contributed by atoms with E-state index in [0.717, 1.165) is 55.2 Å². The van der Waals surface area contributed by atoms with Crippen molar-refractivity contribution in [1.82, 2.24) is 14.9 Å². The Morgan fingerprint density at radius 3 is 2.27 bits per heavy atom. The molecule has 3 rings (SSSR count). The van der Waals surface area contributed by atoms with Crippen LogP contribution in [0.15, 0.2) is 24.3 Å². The van der Waals surface area contributed by atoms with Crippen molar-refractivity contribution < 1.29 is 4.79 Å². The Kier molecular flexibility index (Phi) is 5.52. The van der Waals surface area contributed by atoms with E-state index in [2.05, 4.69) is 38.1 Å². The van der Waals surface area contributed by atoms with Gasteiger partial charge in [0.05, 0.1) is 0 Å². The van der Waals surface area contributed by atoms with Crippen molar-refractivity contribution in [3.63, 3.8) is 0 Å². The van der Waals surface area contributed by atoms with Crippen LogP contribution in [0.4, 0.5) is 11.6 Å². The van der Waals surface area contributed by atoms with E-state index in [4.69, 9.17) is 0 Å². The molecule has 1 fully saturated rings. The van der Waals surface area contributed by atoms with E-state index in [0.29, 0.717) is 11.6 Å². The van der Waals surface area contributed by atoms with Crippen LogP contribution in [0.3, 0.4) is 0 Å². The van der Waals surface area contributed by atoms with Crippen molar-refractivity contribution in [3.8, 4) is 0 Å². The zero-order chi connectivity index (χ0) is 18.7. The van der Waals surface area contributed by atoms with E-state index in [-0.39, 0.29) is 5.91 Å². The van der Waals surface area contributed by atoms with Gasteiger partial charge < -0.3 is 15.1 Å². The average molecular weight is 353 g/mol. The smallest absolute Gasteiger partial charge is 0.274 e. The van der Waals surface area contributed by atoms with Gasteiger partial charge in [-0.05, 0) is 56.6 Å². The first-order valence-corrected chi connectivity index (χ1v) is 9.17. The molecule has 6 nitrogen and oxygen atoms in total. The average Bonchev–Trinajstić information content (AvgIpc) is 2.60. The maximum Gasteiger partial charge on any atom is 0.274 e. The Morgan fingerprint density at radius 1 is 1.00 bits per heavy atom. The lowest BCUT2D eigenvalue weighted by atomic mass is 10.1. The molecule has 1 aliphatic heterocycles. The maximum absolute atomic E-state index is 12.7. The molecule has 0 radical (unpaired) electrons. The highest BCUT2D eigenvalue weighted by Gasteiger charge is 2.20. The van der Waals surface area contributed by atoms with E-state index in [1.807, 2.05) is 32.9 Å². The molecular formula is C20H27N5O. The number of hydrogen-bond donors (Lipinski definition) is 1. The molecule has 2 aromatic rings. The molecule has 2 heterocycles. The van der Waals surface area contributed by atoms with Gasteiger partial charge in [-0.15, -0.1) is 0 Å². The molecule has 138 valence electrons. The van der Waals surface area contributed by atoms with E-state index in [1.54, 1.807) is 6.07 Å². The van der Waals surface area contributed by atoms with E-state index >= 15 is 0 Å². The van der Waals surface area contributed by atoms with E-state index < -0.39 is 0 Å². The topological polar surface area (TPSA) is 61.4 Å². The van der Waals surface area contributed by atoms with Crippen LogP contribution in [0.5, 0.6) is 0 Å². The molecule has 1 saturated heterocycles. The van der Waals surface area contributed by atoms with Crippen LogP contribution < -0.4 is 10.2 Å². The van der Waals surface area contributed by atoms with Gasteiger partial charge in [-0.3, -0.25) is 4.79 Å². The first kappa shape index (κ1) is 18.3. The number of carbonyl (C=O) groups is 1. The minimum atomic E-state index is -0.200. The number of aryl methyl sites for hydroxylation is 3. The molecule has 0 bridgehead atoms. The van der Waals surface area contributed by atoms with Gasteiger partial charge in [0.15, 0.2) is 0 Å². The predicted molar refractivity (Wildman–Crippen MR) is 105 cm³/mol. The number of benzene rings is 1. The highest BCUT2D eigenvalue weighted by molar-refractivity contribution is 6.03. The van der Waals surface area contributed by atoms with Gasteiger partial charge in [-0.1, -0.05) is 13.0 Å². The highest BCUT2D eigenvalue weighted by atomic mass is 16.1. The quantitative estimate of drug-likeness (QED) is 0.916. The second-order valence-electron chi connectivity index (χ2n) is 6.95. The molecule has 1 aromatic heterocycles. The third-order valence-corrected chi connectivity index (χ3v) is 4.66. The number of aromatic nitrogens is 2. The van der Waals surface area contributed by atoms with Gasteiger partial charge in [-0.25, -0.2) is 9.97 Å². The van der Waals surface area contributed by atoms with Gasteiger partial charge in [0.25, 0.3) is 5.91 Å². The molecule has 0 saturated carbocycles.